The highest BCUT2D eigenvalue weighted by Crippen LogP contribution is 2.45. The van der Waals surface area contributed by atoms with Crippen LogP contribution < -0.4 is 20.8 Å². The molecular formula is C22H29N5O7. The number of fused-ring (bicyclic) bond motifs is 2. The summed E-state index contributed by atoms with van der Waals surface area (Å²) in [5.74, 6) is 1.34. The van der Waals surface area contributed by atoms with Gasteiger partial charge < -0.3 is 30.0 Å². The number of methoxy groups -OCH3 is 2. The van der Waals surface area contributed by atoms with Crippen LogP contribution in [-0.2, 0) is 32.8 Å². The van der Waals surface area contributed by atoms with Gasteiger partial charge in [0.05, 0.1) is 26.4 Å². The molecule has 0 atom stereocenters. The fraction of sp³-hybridized carbons (Fsp3) is 0.500. The van der Waals surface area contributed by atoms with Crippen LogP contribution in [0.2, 0.25) is 0 Å². The van der Waals surface area contributed by atoms with Crippen LogP contribution in [0.4, 0.5) is 5.95 Å². The Hall–Kier alpha value is -3.67. The highest BCUT2D eigenvalue weighted by molar-refractivity contribution is 5.76. The minimum atomic E-state index is -0.427. The minimum Gasteiger partial charge on any atom is -0.493 e. The second kappa shape index (κ2) is 11.0. The number of piperidine rings is 1. The van der Waals surface area contributed by atoms with Gasteiger partial charge in [-0.25, -0.2) is 0 Å². The predicted molar refractivity (Wildman–Crippen MR) is 121 cm³/mol. The van der Waals surface area contributed by atoms with Crippen molar-refractivity contribution in [3.8, 4) is 11.5 Å². The average Bonchev–Trinajstić information content (AvgIpc) is 2.84. The van der Waals surface area contributed by atoms with Gasteiger partial charge in [-0.3, -0.25) is 19.4 Å². The Bertz CT molecular complexity index is 1080. The number of rotatable bonds is 5. The zero-order chi connectivity index (χ0) is 24.7. The monoisotopic (exact) mass is 475 g/mol. The molecule has 4 N–H and O–H groups in total. The number of carboxylic acid groups (broad SMARTS) is 1. The Morgan fingerprint density at radius 2 is 1.91 bits per heavy atom. The van der Waals surface area contributed by atoms with Gasteiger partial charge in [0.1, 0.15) is 5.69 Å². The smallest absolute Gasteiger partial charge is 0.290 e. The maximum atomic E-state index is 12.7. The van der Waals surface area contributed by atoms with Gasteiger partial charge >= 0.3 is 0 Å². The number of hydrogen-bond donors (Lipinski definition) is 3. The van der Waals surface area contributed by atoms with Crippen molar-refractivity contribution in [2.75, 3.05) is 39.6 Å². The van der Waals surface area contributed by atoms with Crippen molar-refractivity contribution in [3.05, 3.63) is 39.3 Å². The number of aromatic nitrogens is 3. The lowest BCUT2D eigenvalue weighted by molar-refractivity contribution is -0.140. The maximum Gasteiger partial charge on any atom is 0.290 e. The molecule has 1 aromatic carbocycles. The number of ether oxygens (including phenoxy) is 3. The molecule has 1 fully saturated rings. The van der Waals surface area contributed by atoms with Gasteiger partial charge in [-0.05, 0) is 42.5 Å². The number of nitrogens with two attached hydrogens (primary N) is 1. The number of benzene rings is 1. The van der Waals surface area contributed by atoms with Gasteiger partial charge in [0.25, 0.3) is 12.0 Å². The van der Waals surface area contributed by atoms with Crippen LogP contribution in [0.3, 0.4) is 0 Å². The number of nitrogens with one attached hydrogen (secondary N) is 1. The topological polar surface area (TPSA) is 170 Å². The Morgan fingerprint density at radius 3 is 2.53 bits per heavy atom. The van der Waals surface area contributed by atoms with Crippen LogP contribution in [0.5, 0.6) is 11.5 Å². The molecule has 0 radical (unpaired) electrons. The van der Waals surface area contributed by atoms with E-state index < -0.39 is 11.2 Å². The summed E-state index contributed by atoms with van der Waals surface area (Å²) >= 11 is 0. The average molecular weight is 476 g/mol. The molecular weight excluding hydrogens is 446 g/mol. The molecule has 3 heterocycles. The number of aromatic amines is 1. The summed E-state index contributed by atoms with van der Waals surface area (Å²) in [7, 11) is 3.26. The van der Waals surface area contributed by atoms with E-state index >= 15 is 0 Å². The number of amides is 1. The van der Waals surface area contributed by atoms with Crippen molar-refractivity contribution in [2.45, 2.75) is 37.7 Å². The van der Waals surface area contributed by atoms with Gasteiger partial charge in [0.2, 0.25) is 11.9 Å². The molecule has 2 aliphatic rings. The number of nitrogens with zero attached hydrogens (tertiary/aromatic N) is 3. The van der Waals surface area contributed by atoms with Crippen LogP contribution in [0.1, 0.15) is 36.1 Å². The number of hydrogen-bond acceptors (Lipinski definition) is 9. The molecule has 1 saturated heterocycles. The minimum absolute atomic E-state index is 0.0174. The zero-order valence-corrected chi connectivity index (χ0v) is 19.2. The summed E-state index contributed by atoms with van der Waals surface area (Å²) < 4.78 is 17.2. The lowest BCUT2D eigenvalue weighted by atomic mass is 9.79. The number of nitrogen functional groups attached to an aromatic ring is 1. The van der Waals surface area contributed by atoms with E-state index in [1.54, 1.807) is 14.2 Å². The number of likely N-dealkylation sites (tertiary alicyclic amines) is 1. The number of anilines is 1. The molecule has 0 unspecified atom stereocenters. The zero-order valence-electron chi connectivity index (χ0n) is 19.2. The Balaban J connectivity index is 0.00000103. The summed E-state index contributed by atoms with van der Waals surface area (Å²) in [6, 6.07) is 4.04. The molecule has 34 heavy (non-hydrogen) atoms. The van der Waals surface area contributed by atoms with E-state index in [-0.39, 0.29) is 36.9 Å². The summed E-state index contributed by atoms with van der Waals surface area (Å²) in [6.07, 6.45) is 2.63. The molecule has 184 valence electrons. The Labute approximate surface area is 196 Å². The summed E-state index contributed by atoms with van der Waals surface area (Å²) in [5, 5.41) is 14.3. The van der Waals surface area contributed by atoms with Crippen LogP contribution >= 0.6 is 0 Å². The first-order valence-corrected chi connectivity index (χ1v) is 10.8. The highest BCUT2D eigenvalue weighted by Gasteiger charge is 2.42. The lowest BCUT2D eigenvalue weighted by Crippen LogP contribution is -2.48. The largest absolute Gasteiger partial charge is 0.493 e. The molecule has 0 aliphatic carbocycles. The van der Waals surface area contributed by atoms with Crippen LogP contribution in [0.15, 0.2) is 16.9 Å². The van der Waals surface area contributed by atoms with E-state index in [1.807, 2.05) is 17.0 Å². The van der Waals surface area contributed by atoms with Crippen molar-refractivity contribution in [1.82, 2.24) is 20.1 Å². The summed E-state index contributed by atoms with van der Waals surface area (Å²) in [4.78, 5) is 37.1. The molecule has 4 rings (SSSR count). The third-order valence-electron chi connectivity index (χ3n) is 6.13. The van der Waals surface area contributed by atoms with E-state index in [9.17, 15) is 9.59 Å². The van der Waals surface area contributed by atoms with Crippen molar-refractivity contribution in [1.29, 1.82) is 0 Å². The van der Waals surface area contributed by atoms with E-state index in [1.165, 1.54) is 5.56 Å². The summed E-state index contributed by atoms with van der Waals surface area (Å²) in [5.41, 5.74) is 7.10. The molecule has 1 aromatic heterocycles. The molecule has 0 bridgehead atoms. The number of carbonyl (C=O) groups is 2. The molecule has 12 nitrogen and oxygen atoms in total. The molecule has 0 saturated carbocycles. The Kier molecular flexibility index (Phi) is 8.05. The standard InChI is InChI=1S/C21H27N5O5.CH2O2/c1-29-16-11-13-5-10-31-21(14(13)12-17(16)30-2)6-8-26(9-7-21)18(27)4-3-15-19(28)23-20(22)25-24-15;2-1-3/h11-12H,3-10H2,1-2H3,(H3,22,23,25,28);1H,(H,2,3). The molecule has 2 aromatic rings. The first-order chi connectivity index (χ1) is 16.4. The van der Waals surface area contributed by atoms with E-state index in [2.05, 4.69) is 15.2 Å². The second-order valence-electron chi connectivity index (χ2n) is 7.93. The molecule has 1 amide bonds. The van der Waals surface area contributed by atoms with Crippen molar-refractivity contribution in [3.63, 3.8) is 0 Å². The molecule has 2 aliphatic heterocycles. The van der Waals surface area contributed by atoms with Gasteiger partial charge in [-0.15, -0.1) is 10.2 Å². The van der Waals surface area contributed by atoms with E-state index in [0.717, 1.165) is 12.0 Å². The van der Waals surface area contributed by atoms with E-state index in [0.29, 0.717) is 44.0 Å². The van der Waals surface area contributed by atoms with Crippen LogP contribution in [0, 0.1) is 0 Å². The fourth-order valence-corrected chi connectivity index (χ4v) is 4.44. The molecule has 1 spiro atoms. The molecule has 12 heteroatoms. The first kappa shape index (κ1) is 25.0. The highest BCUT2D eigenvalue weighted by atomic mass is 16.5. The van der Waals surface area contributed by atoms with Gasteiger partial charge in [-0.2, -0.15) is 0 Å². The fourth-order valence-electron chi connectivity index (χ4n) is 4.44. The third-order valence-corrected chi connectivity index (χ3v) is 6.13. The van der Waals surface area contributed by atoms with Crippen LogP contribution in [-0.4, -0.2) is 71.5 Å². The summed E-state index contributed by atoms with van der Waals surface area (Å²) in [6.45, 7) is 1.54. The number of H-pyrrole nitrogens is 1. The van der Waals surface area contributed by atoms with Crippen LogP contribution in [0.25, 0.3) is 0 Å². The Morgan fingerprint density at radius 1 is 1.26 bits per heavy atom. The van der Waals surface area contributed by atoms with Gasteiger partial charge in [-0.1, -0.05) is 0 Å². The second-order valence-corrected chi connectivity index (χ2v) is 7.93. The van der Waals surface area contributed by atoms with Gasteiger partial charge in [0.15, 0.2) is 11.5 Å². The van der Waals surface area contributed by atoms with E-state index in [4.69, 9.17) is 29.8 Å². The predicted octanol–water partition coefficient (Wildman–Crippen LogP) is 0.488. The third kappa shape index (κ3) is 5.28. The SMILES string of the molecule is COc1cc2c(cc1OC)C1(CCN(C(=O)CCc3nnc(N)[nH]c3=O)CC1)OCC2.O=CO. The number of aryl methyl sites for hydroxylation is 1. The van der Waals surface area contributed by atoms with Crippen molar-refractivity contribution >= 4 is 18.3 Å². The van der Waals surface area contributed by atoms with Crippen molar-refractivity contribution < 1.29 is 28.9 Å². The lowest BCUT2D eigenvalue weighted by Gasteiger charge is -2.45. The van der Waals surface area contributed by atoms with Gasteiger partial charge in [0, 0.05) is 25.9 Å². The van der Waals surface area contributed by atoms with Crippen molar-refractivity contribution in [2.24, 2.45) is 0 Å². The quantitative estimate of drug-likeness (QED) is 0.517. The first-order valence-electron chi connectivity index (χ1n) is 10.8. The number of carbonyl (C=O) groups excluding carboxylic acids is 1. The normalized spacial score (nSPS) is 16.1. The maximum absolute atomic E-state index is 12.7.